The first kappa shape index (κ1) is 41.9. The highest BCUT2D eigenvalue weighted by molar-refractivity contribution is 5.91. The maximum atomic E-state index is 13.7. The Hall–Kier alpha value is -4.24. The van der Waals surface area contributed by atoms with Gasteiger partial charge in [-0.3, -0.25) is 4.39 Å². The second-order valence-electron chi connectivity index (χ2n) is 11.9. The standard InChI is InChI=1S/C15H18.C14H15FO.C14H15F.2C2H6/c1-3-7-13-9-6-11-14-10-5-8-12(4-2)15(13)14;1-3-9-7-11(16)8-10-5-6-13(15)12(4-2)14(9)10;1-11-5-2-6-12-7-3-8-13(14(11)12)9-4-10-15;2*1-2/h5-6,8-11H,3-4,7H2,1-2H3;5-8,16H,3-4H2,1-2H3;2-3,5-8H,4,9-10H2,1H3;2*1-2H3. The van der Waals surface area contributed by atoms with Crippen molar-refractivity contribution < 1.29 is 13.9 Å². The van der Waals surface area contributed by atoms with Crippen molar-refractivity contribution in [2.75, 3.05) is 6.67 Å². The summed E-state index contributed by atoms with van der Waals surface area (Å²) in [6, 6.07) is 32.5. The summed E-state index contributed by atoms with van der Waals surface area (Å²) in [6.45, 7) is 18.3. The third-order valence-corrected chi connectivity index (χ3v) is 8.73. The van der Waals surface area contributed by atoms with Crippen LogP contribution in [0.25, 0.3) is 32.3 Å². The molecule has 0 spiro atoms. The number of phenols is 1. The summed E-state index contributed by atoms with van der Waals surface area (Å²) in [6.07, 6.45) is 6.44. The molecule has 1 nitrogen and oxygen atoms in total. The van der Waals surface area contributed by atoms with Crippen LogP contribution in [-0.4, -0.2) is 11.8 Å². The fourth-order valence-corrected chi connectivity index (χ4v) is 6.58. The number of aromatic hydroxyl groups is 1. The van der Waals surface area contributed by atoms with Crippen LogP contribution in [-0.2, 0) is 32.1 Å². The van der Waals surface area contributed by atoms with Crippen LogP contribution in [0.3, 0.4) is 0 Å². The second-order valence-corrected chi connectivity index (χ2v) is 11.9. The predicted molar refractivity (Wildman–Crippen MR) is 217 cm³/mol. The molecule has 0 aliphatic heterocycles. The largest absolute Gasteiger partial charge is 0.508 e. The molecule has 0 radical (unpaired) electrons. The van der Waals surface area contributed by atoms with Gasteiger partial charge < -0.3 is 5.11 Å². The lowest BCUT2D eigenvalue weighted by Gasteiger charge is -2.11. The highest BCUT2D eigenvalue weighted by atomic mass is 19.1. The molecule has 1 N–H and O–H groups in total. The average Bonchev–Trinajstić information content (AvgIpc) is 3.16. The van der Waals surface area contributed by atoms with E-state index >= 15 is 0 Å². The van der Waals surface area contributed by atoms with E-state index in [0.717, 1.165) is 41.2 Å². The smallest absolute Gasteiger partial charge is 0.127 e. The Balaban J connectivity index is 0.000000248. The normalized spacial score (nSPS) is 10.2. The highest BCUT2D eigenvalue weighted by Gasteiger charge is 2.10. The zero-order chi connectivity index (χ0) is 37.1. The van der Waals surface area contributed by atoms with Gasteiger partial charge in [0.1, 0.15) is 11.6 Å². The van der Waals surface area contributed by atoms with Gasteiger partial charge in [0, 0.05) is 0 Å². The maximum absolute atomic E-state index is 13.7. The van der Waals surface area contributed by atoms with E-state index in [1.54, 1.807) is 18.2 Å². The number of aryl methyl sites for hydroxylation is 6. The van der Waals surface area contributed by atoms with E-state index in [0.29, 0.717) is 12.8 Å². The van der Waals surface area contributed by atoms with Crippen molar-refractivity contribution in [3.8, 4) is 5.75 Å². The van der Waals surface area contributed by atoms with Crippen LogP contribution < -0.4 is 0 Å². The molecule has 0 unspecified atom stereocenters. The number of benzene rings is 6. The van der Waals surface area contributed by atoms with Crippen molar-refractivity contribution in [1.29, 1.82) is 0 Å². The van der Waals surface area contributed by atoms with Gasteiger partial charge >= 0.3 is 0 Å². The molecule has 3 heteroatoms. The lowest BCUT2D eigenvalue weighted by Crippen LogP contribution is -1.94. The highest BCUT2D eigenvalue weighted by Crippen LogP contribution is 2.30. The average molecular weight is 679 g/mol. The zero-order valence-corrected chi connectivity index (χ0v) is 32.1. The fraction of sp³-hybridized carbons (Fsp3) is 0.362. The molecular formula is C47H60F2O. The number of phenolic OH excluding ortho intramolecular Hbond substituents is 1. The van der Waals surface area contributed by atoms with E-state index in [4.69, 9.17) is 0 Å². The number of hydrogen-bond donors (Lipinski definition) is 1. The number of rotatable bonds is 8. The Morgan fingerprint density at radius 1 is 0.540 bits per heavy atom. The van der Waals surface area contributed by atoms with Crippen LogP contribution in [0.2, 0.25) is 0 Å². The summed E-state index contributed by atoms with van der Waals surface area (Å²) in [7, 11) is 0. The first-order valence-corrected chi connectivity index (χ1v) is 18.8. The number of hydrogen-bond acceptors (Lipinski definition) is 1. The molecule has 0 amide bonds. The molecule has 0 atom stereocenters. The van der Waals surface area contributed by atoms with E-state index in [1.807, 2.05) is 41.5 Å². The molecule has 0 saturated carbocycles. The van der Waals surface area contributed by atoms with Gasteiger partial charge in [-0.1, -0.05) is 141 Å². The van der Waals surface area contributed by atoms with Crippen molar-refractivity contribution in [3.63, 3.8) is 0 Å². The molecule has 0 saturated heterocycles. The minimum atomic E-state index is -0.234. The molecule has 6 rings (SSSR count). The summed E-state index contributed by atoms with van der Waals surface area (Å²) in [5.41, 5.74) is 7.29. The molecule has 0 heterocycles. The van der Waals surface area contributed by atoms with Crippen molar-refractivity contribution in [1.82, 2.24) is 0 Å². The van der Waals surface area contributed by atoms with E-state index in [9.17, 15) is 13.9 Å². The van der Waals surface area contributed by atoms with Crippen molar-refractivity contribution in [2.24, 2.45) is 0 Å². The molecule has 0 aliphatic rings. The zero-order valence-electron chi connectivity index (χ0n) is 32.1. The predicted octanol–water partition coefficient (Wildman–Crippen LogP) is 14.3. The van der Waals surface area contributed by atoms with E-state index in [2.05, 4.69) is 93.6 Å². The summed E-state index contributed by atoms with van der Waals surface area (Å²) in [4.78, 5) is 0. The van der Waals surface area contributed by atoms with E-state index in [1.165, 1.54) is 62.7 Å². The topological polar surface area (TPSA) is 20.2 Å². The number of alkyl halides is 1. The lowest BCUT2D eigenvalue weighted by atomic mass is 9.95. The first-order valence-electron chi connectivity index (χ1n) is 18.8. The Kier molecular flexibility index (Phi) is 18.8. The molecule has 6 aromatic carbocycles. The molecule has 0 aromatic heterocycles. The summed E-state index contributed by atoms with van der Waals surface area (Å²) < 4.78 is 25.9. The van der Waals surface area contributed by atoms with Crippen molar-refractivity contribution in [3.05, 3.63) is 136 Å². The number of halogens is 2. The van der Waals surface area contributed by atoms with Gasteiger partial charge in [0.05, 0.1) is 6.67 Å². The monoisotopic (exact) mass is 678 g/mol. The Labute approximate surface area is 301 Å². The van der Waals surface area contributed by atoms with Gasteiger partial charge in [-0.05, 0) is 129 Å². The molecule has 50 heavy (non-hydrogen) atoms. The molecule has 0 bridgehead atoms. The molecule has 6 aromatic rings. The van der Waals surface area contributed by atoms with Gasteiger partial charge in [-0.2, -0.15) is 0 Å². The van der Waals surface area contributed by atoms with Gasteiger partial charge in [-0.25, -0.2) is 4.39 Å². The quantitative estimate of drug-likeness (QED) is 0.170. The van der Waals surface area contributed by atoms with E-state index < -0.39 is 0 Å². The van der Waals surface area contributed by atoms with Crippen LogP contribution in [0.5, 0.6) is 5.75 Å². The van der Waals surface area contributed by atoms with Gasteiger partial charge in [-0.15, -0.1) is 0 Å². The summed E-state index contributed by atoms with van der Waals surface area (Å²) in [5, 5.41) is 16.9. The Morgan fingerprint density at radius 3 is 1.62 bits per heavy atom. The minimum absolute atomic E-state index is 0.157. The van der Waals surface area contributed by atoms with Crippen LogP contribution in [0.1, 0.15) is 102 Å². The third-order valence-electron chi connectivity index (χ3n) is 8.73. The molecule has 0 fully saturated rings. The van der Waals surface area contributed by atoms with Crippen LogP contribution in [0, 0.1) is 12.7 Å². The molecular weight excluding hydrogens is 619 g/mol. The molecule has 268 valence electrons. The minimum Gasteiger partial charge on any atom is -0.508 e. The summed E-state index contributed by atoms with van der Waals surface area (Å²) in [5.74, 6) is 0.0911. The Morgan fingerprint density at radius 2 is 1.08 bits per heavy atom. The van der Waals surface area contributed by atoms with Gasteiger partial charge in [0.15, 0.2) is 0 Å². The SMILES string of the molecule is CC.CC.CCCc1cccc2cccc(CC)c12.CCc1cc(O)cc2ccc(F)c(CC)c12.Cc1cccc2cccc(CCCF)c12. The first-order chi connectivity index (χ1) is 24.4. The van der Waals surface area contributed by atoms with Crippen LogP contribution in [0.15, 0.2) is 97.1 Å². The Bertz CT molecular complexity index is 1880. The van der Waals surface area contributed by atoms with Crippen LogP contribution in [0.4, 0.5) is 8.78 Å². The maximum Gasteiger partial charge on any atom is 0.127 e. The third kappa shape index (κ3) is 10.9. The van der Waals surface area contributed by atoms with Crippen molar-refractivity contribution >= 4 is 32.3 Å². The fourth-order valence-electron chi connectivity index (χ4n) is 6.58. The van der Waals surface area contributed by atoms with E-state index in [-0.39, 0.29) is 18.2 Å². The second kappa shape index (κ2) is 22.5. The molecule has 0 aliphatic carbocycles. The van der Waals surface area contributed by atoms with Crippen molar-refractivity contribution in [2.45, 2.75) is 107 Å². The number of fused-ring (bicyclic) bond motifs is 3. The van der Waals surface area contributed by atoms with Gasteiger partial charge in [0.2, 0.25) is 0 Å². The van der Waals surface area contributed by atoms with Gasteiger partial charge in [0.25, 0.3) is 0 Å². The lowest BCUT2D eigenvalue weighted by molar-refractivity contribution is 0.473. The van der Waals surface area contributed by atoms with Crippen LogP contribution >= 0.6 is 0 Å². The summed E-state index contributed by atoms with van der Waals surface area (Å²) >= 11 is 0.